The molecule has 0 amide bonds. The average molecular weight is 372 g/mol. The van der Waals surface area contributed by atoms with Gasteiger partial charge in [0.2, 0.25) is 5.78 Å². The van der Waals surface area contributed by atoms with E-state index in [-0.39, 0.29) is 12.4 Å². The Morgan fingerprint density at radius 2 is 1.68 bits per heavy atom. The Kier molecular flexibility index (Phi) is 4.57. The van der Waals surface area contributed by atoms with E-state index < -0.39 is 5.97 Å². The number of fused-ring (bicyclic) bond motifs is 1. The van der Waals surface area contributed by atoms with Crippen LogP contribution in [0.3, 0.4) is 0 Å². The number of hydrogen-bond acceptors (Lipinski definition) is 3. The van der Waals surface area contributed by atoms with Crippen molar-refractivity contribution in [2.75, 3.05) is 6.61 Å². The monoisotopic (exact) mass is 372 g/mol. The van der Waals surface area contributed by atoms with E-state index in [1.165, 1.54) is 0 Å². The number of aryl methyl sites for hydroxylation is 1. The summed E-state index contributed by atoms with van der Waals surface area (Å²) >= 11 is 0. The van der Waals surface area contributed by atoms with Crippen LogP contribution in [-0.2, 0) is 4.74 Å². The summed E-state index contributed by atoms with van der Waals surface area (Å²) in [5.74, 6) is -0.730. The molecule has 5 heteroatoms. The summed E-state index contributed by atoms with van der Waals surface area (Å²) in [6.45, 7) is 3.52. The molecule has 0 aliphatic carbocycles. The number of para-hydroxylation sites is 2. The maximum atomic E-state index is 12.6. The zero-order valence-corrected chi connectivity index (χ0v) is 15.7. The fraction of sp³-hybridized carbons (Fsp3) is 0.130. The normalized spacial score (nSPS) is 10.9. The minimum absolute atomic E-state index is 0.234. The highest BCUT2D eigenvalue weighted by Gasteiger charge is 2.20. The van der Waals surface area contributed by atoms with Gasteiger partial charge in [-0.15, -0.1) is 0 Å². The van der Waals surface area contributed by atoms with Gasteiger partial charge in [-0.25, -0.2) is 4.79 Å². The molecule has 28 heavy (non-hydrogen) atoms. The molecule has 0 aliphatic heterocycles. The van der Waals surface area contributed by atoms with E-state index in [1.807, 2.05) is 73.0 Å². The number of ketones is 1. The molecular weight excluding hydrogens is 352 g/mol. The van der Waals surface area contributed by atoms with Crippen LogP contribution in [-0.4, -0.2) is 27.9 Å². The Labute approximate surface area is 162 Å². The molecule has 0 fully saturated rings. The third kappa shape index (κ3) is 3.11. The van der Waals surface area contributed by atoms with Crippen LogP contribution < -0.4 is 0 Å². The molecule has 2 aromatic heterocycles. The van der Waals surface area contributed by atoms with E-state index in [2.05, 4.69) is 4.98 Å². The number of esters is 1. The lowest BCUT2D eigenvalue weighted by atomic mass is 10.1. The van der Waals surface area contributed by atoms with Gasteiger partial charge >= 0.3 is 5.97 Å². The summed E-state index contributed by atoms with van der Waals surface area (Å²) in [5.41, 5.74) is 4.56. The number of carbonyl (C=O) groups is 2. The molecule has 0 saturated carbocycles. The van der Waals surface area contributed by atoms with Crippen LogP contribution >= 0.6 is 0 Å². The summed E-state index contributed by atoms with van der Waals surface area (Å²) in [4.78, 5) is 28.2. The summed E-state index contributed by atoms with van der Waals surface area (Å²) in [6, 6.07) is 19.1. The van der Waals surface area contributed by atoms with Crippen molar-refractivity contribution in [2.45, 2.75) is 13.8 Å². The van der Waals surface area contributed by atoms with Gasteiger partial charge in [-0.1, -0.05) is 36.4 Å². The van der Waals surface area contributed by atoms with E-state index in [0.717, 1.165) is 28.0 Å². The molecule has 0 saturated heterocycles. The molecule has 4 aromatic rings. The Morgan fingerprint density at radius 1 is 0.964 bits per heavy atom. The number of nitrogens with zero attached hydrogens (tertiary/aromatic N) is 1. The van der Waals surface area contributed by atoms with Gasteiger partial charge in [0.1, 0.15) is 0 Å². The first-order valence-electron chi connectivity index (χ1n) is 9.07. The molecular formula is C23H20N2O3. The molecule has 0 bridgehead atoms. The van der Waals surface area contributed by atoms with E-state index in [0.29, 0.717) is 11.1 Å². The first-order valence-corrected chi connectivity index (χ1v) is 9.07. The first kappa shape index (κ1) is 17.8. The maximum absolute atomic E-state index is 12.6. The SMILES string of the molecule is Cc1cc(C(=O)OCC(=O)c2c[nH]c3ccccc23)c(C)n1-c1ccccc1. The van der Waals surface area contributed by atoms with Gasteiger partial charge in [0.15, 0.2) is 6.61 Å². The summed E-state index contributed by atoms with van der Waals surface area (Å²) in [6.07, 6.45) is 1.65. The van der Waals surface area contributed by atoms with Crippen molar-refractivity contribution in [3.8, 4) is 5.69 Å². The number of aromatic amines is 1. The Morgan fingerprint density at radius 3 is 2.46 bits per heavy atom. The summed E-state index contributed by atoms with van der Waals surface area (Å²) in [5, 5.41) is 0.825. The zero-order chi connectivity index (χ0) is 19.7. The summed E-state index contributed by atoms with van der Waals surface area (Å²) in [7, 11) is 0. The standard InChI is InChI=1S/C23H20N2O3/c1-15-12-19(16(2)25(15)17-8-4-3-5-9-17)23(27)28-14-22(26)20-13-24-21-11-7-6-10-18(20)21/h3-13,24H,14H2,1-2H3. The maximum Gasteiger partial charge on any atom is 0.340 e. The minimum atomic E-state index is -0.497. The van der Waals surface area contributed by atoms with Crippen molar-refractivity contribution >= 4 is 22.7 Å². The van der Waals surface area contributed by atoms with Gasteiger partial charge in [0, 0.05) is 39.7 Å². The number of nitrogens with one attached hydrogen (secondary N) is 1. The molecule has 1 N–H and O–H groups in total. The third-order valence-corrected chi connectivity index (χ3v) is 4.89. The quantitative estimate of drug-likeness (QED) is 0.411. The van der Waals surface area contributed by atoms with Crippen LogP contribution in [0, 0.1) is 13.8 Å². The number of aromatic nitrogens is 2. The number of benzene rings is 2. The van der Waals surface area contributed by atoms with Crippen LogP contribution in [0.15, 0.2) is 66.9 Å². The van der Waals surface area contributed by atoms with Gasteiger partial charge in [0.25, 0.3) is 0 Å². The molecule has 0 unspecified atom stereocenters. The highest BCUT2D eigenvalue weighted by atomic mass is 16.5. The number of ether oxygens (including phenoxy) is 1. The predicted molar refractivity (Wildman–Crippen MR) is 108 cm³/mol. The van der Waals surface area contributed by atoms with Crippen molar-refractivity contribution in [3.05, 3.63) is 89.4 Å². The molecule has 2 aromatic carbocycles. The van der Waals surface area contributed by atoms with Crippen LogP contribution in [0.2, 0.25) is 0 Å². The zero-order valence-electron chi connectivity index (χ0n) is 15.7. The molecule has 0 aliphatic rings. The van der Waals surface area contributed by atoms with Crippen LogP contribution in [0.5, 0.6) is 0 Å². The summed E-state index contributed by atoms with van der Waals surface area (Å²) < 4.78 is 7.33. The van der Waals surface area contributed by atoms with Crippen molar-refractivity contribution in [2.24, 2.45) is 0 Å². The molecule has 0 atom stereocenters. The molecule has 4 rings (SSSR count). The lowest BCUT2D eigenvalue weighted by Crippen LogP contribution is -2.14. The Bertz CT molecular complexity index is 1170. The molecule has 5 nitrogen and oxygen atoms in total. The fourth-order valence-corrected chi connectivity index (χ4v) is 3.53. The third-order valence-electron chi connectivity index (χ3n) is 4.89. The number of Topliss-reactive ketones (excluding diaryl/α,β-unsaturated/α-hetero) is 1. The lowest BCUT2D eigenvalue weighted by molar-refractivity contribution is 0.0474. The Hall–Kier alpha value is -3.60. The second-order valence-corrected chi connectivity index (χ2v) is 6.70. The highest BCUT2D eigenvalue weighted by molar-refractivity contribution is 6.09. The van der Waals surface area contributed by atoms with Crippen LogP contribution in [0.4, 0.5) is 0 Å². The number of hydrogen-bond donors (Lipinski definition) is 1. The first-order chi connectivity index (χ1) is 13.6. The van der Waals surface area contributed by atoms with E-state index in [1.54, 1.807) is 12.3 Å². The van der Waals surface area contributed by atoms with Gasteiger partial charge < -0.3 is 14.3 Å². The molecule has 0 spiro atoms. The van der Waals surface area contributed by atoms with Crippen molar-refractivity contribution in [3.63, 3.8) is 0 Å². The van der Waals surface area contributed by atoms with Crippen molar-refractivity contribution in [1.82, 2.24) is 9.55 Å². The van der Waals surface area contributed by atoms with Gasteiger partial charge in [-0.05, 0) is 38.1 Å². The van der Waals surface area contributed by atoms with Crippen molar-refractivity contribution in [1.29, 1.82) is 0 Å². The Balaban J connectivity index is 1.52. The fourth-order valence-electron chi connectivity index (χ4n) is 3.53. The average Bonchev–Trinajstić information content (AvgIpc) is 3.27. The van der Waals surface area contributed by atoms with Gasteiger partial charge in [0.05, 0.1) is 5.56 Å². The second-order valence-electron chi connectivity index (χ2n) is 6.70. The van der Waals surface area contributed by atoms with Crippen molar-refractivity contribution < 1.29 is 14.3 Å². The number of H-pyrrole nitrogens is 1. The molecule has 0 radical (unpaired) electrons. The van der Waals surface area contributed by atoms with Crippen LogP contribution in [0.25, 0.3) is 16.6 Å². The number of carbonyl (C=O) groups excluding carboxylic acids is 2. The molecule has 2 heterocycles. The van der Waals surface area contributed by atoms with E-state index >= 15 is 0 Å². The smallest absolute Gasteiger partial charge is 0.340 e. The predicted octanol–water partition coefficient (Wildman–Crippen LogP) is 4.62. The molecule has 140 valence electrons. The minimum Gasteiger partial charge on any atom is -0.454 e. The second kappa shape index (κ2) is 7.19. The highest BCUT2D eigenvalue weighted by Crippen LogP contribution is 2.22. The van der Waals surface area contributed by atoms with Crippen LogP contribution in [0.1, 0.15) is 32.1 Å². The number of rotatable bonds is 5. The van der Waals surface area contributed by atoms with E-state index in [9.17, 15) is 9.59 Å². The lowest BCUT2D eigenvalue weighted by Gasteiger charge is -2.09. The van der Waals surface area contributed by atoms with Gasteiger partial charge in [-0.2, -0.15) is 0 Å². The van der Waals surface area contributed by atoms with Gasteiger partial charge in [-0.3, -0.25) is 4.79 Å². The topological polar surface area (TPSA) is 64.1 Å². The van der Waals surface area contributed by atoms with E-state index in [4.69, 9.17) is 4.74 Å². The largest absolute Gasteiger partial charge is 0.454 e.